The van der Waals surface area contributed by atoms with Gasteiger partial charge in [-0.2, -0.15) is 0 Å². The lowest BCUT2D eigenvalue weighted by Crippen LogP contribution is -2.48. The van der Waals surface area contributed by atoms with Gasteiger partial charge in [-0.3, -0.25) is 4.99 Å². The van der Waals surface area contributed by atoms with E-state index < -0.39 is 0 Å². The van der Waals surface area contributed by atoms with Crippen molar-refractivity contribution in [2.45, 2.75) is 19.4 Å². The molecule has 1 unspecified atom stereocenters. The second-order valence-corrected chi connectivity index (χ2v) is 6.79. The Morgan fingerprint density at radius 3 is 2.92 bits per heavy atom. The first-order valence-electron chi connectivity index (χ1n) is 9.46. The molecule has 0 aliphatic carbocycles. The Balaban J connectivity index is 1.81. The van der Waals surface area contributed by atoms with Gasteiger partial charge in [-0.05, 0) is 38.1 Å². The Hall–Kier alpha value is -1.63. The quantitative estimate of drug-likeness (QED) is 0.435. The summed E-state index contributed by atoms with van der Waals surface area (Å²) in [5.74, 6) is 0.964. The Morgan fingerprint density at radius 2 is 2.19 bits per heavy atom. The molecule has 0 aromatic heterocycles. The molecule has 6 heteroatoms. The third kappa shape index (κ3) is 6.27. The molecule has 1 N–H and O–H groups in total. The highest BCUT2D eigenvalue weighted by Gasteiger charge is 2.24. The Kier molecular flexibility index (Phi) is 8.88. The normalized spacial score (nSPS) is 18.4. The maximum Gasteiger partial charge on any atom is 0.193 e. The van der Waals surface area contributed by atoms with Crippen molar-refractivity contribution in [1.29, 1.82) is 0 Å². The molecule has 0 amide bonds. The van der Waals surface area contributed by atoms with E-state index in [1.54, 1.807) is 7.11 Å². The van der Waals surface area contributed by atoms with Crippen molar-refractivity contribution in [1.82, 2.24) is 15.1 Å². The number of likely N-dealkylation sites (N-methyl/N-ethyl adjacent to an activating group) is 1. The fourth-order valence-electron chi connectivity index (χ4n) is 3.22. The standard InChI is InChI=1S/C20H34N4O2/c1-17-8-5-6-9-18(17)19-16-24(13-15-26-19)20(21-2)22-10-7-11-23(3)12-14-25-4/h5-6,8-9,19H,7,10-16H2,1-4H3,(H,21,22). The van der Waals surface area contributed by atoms with Crippen molar-refractivity contribution in [3.05, 3.63) is 35.4 Å². The number of guanidine groups is 1. The molecule has 1 aliphatic heterocycles. The fourth-order valence-corrected chi connectivity index (χ4v) is 3.22. The first-order chi connectivity index (χ1) is 12.7. The number of nitrogens with zero attached hydrogens (tertiary/aromatic N) is 3. The Labute approximate surface area is 158 Å². The first-order valence-corrected chi connectivity index (χ1v) is 9.46. The minimum Gasteiger partial charge on any atom is -0.383 e. The SMILES string of the molecule is CN=C(NCCCN(C)CCOC)N1CCOC(c2ccccc2C)C1. The van der Waals surface area contributed by atoms with E-state index in [9.17, 15) is 0 Å². The number of aliphatic imine (C=N–C) groups is 1. The monoisotopic (exact) mass is 362 g/mol. The zero-order chi connectivity index (χ0) is 18.8. The highest BCUT2D eigenvalue weighted by Crippen LogP contribution is 2.24. The van der Waals surface area contributed by atoms with Gasteiger partial charge >= 0.3 is 0 Å². The van der Waals surface area contributed by atoms with Crippen LogP contribution in [0.3, 0.4) is 0 Å². The zero-order valence-electron chi connectivity index (χ0n) is 16.7. The van der Waals surface area contributed by atoms with Gasteiger partial charge in [-0.1, -0.05) is 24.3 Å². The first kappa shape index (κ1) is 20.7. The fraction of sp³-hybridized carbons (Fsp3) is 0.650. The van der Waals surface area contributed by atoms with Crippen molar-refractivity contribution >= 4 is 5.96 Å². The summed E-state index contributed by atoms with van der Waals surface area (Å²) in [7, 11) is 5.72. The lowest BCUT2D eigenvalue weighted by molar-refractivity contribution is -0.00831. The number of hydrogen-bond acceptors (Lipinski definition) is 4. The average Bonchev–Trinajstić information content (AvgIpc) is 2.67. The van der Waals surface area contributed by atoms with Gasteiger partial charge in [-0.15, -0.1) is 0 Å². The van der Waals surface area contributed by atoms with Gasteiger partial charge in [0.1, 0.15) is 6.10 Å². The molecule has 1 saturated heterocycles. The minimum atomic E-state index is 0.101. The number of benzene rings is 1. The minimum absolute atomic E-state index is 0.101. The van der Waals surface area contributed by atoms with Gasteiger partial charge in [-0.25, -0.2) is 0 Å². The summed E-state index contributed by atoms with van der Waals surface area (Å²) in [4.78, 5) is 9.06. The number of rotatable bonds is 8. The molecule has 146 valence electrons. The zero-order valence-corrected chi connectivity index (χ0v) is 16.7. The van der Waals surface area contributed by atoms with E-state index in [4.69, 9.17) is 9.47 Å². The molecular formula is C20H34N4O2. The summed E-state index contributed by atoms with van der Waals surface area (Å²) in [5, 5.41) is 3.50. The molecule has 0 radical (unpaired) electrons. The van der Waals surface area contributed by atoms with Crippen molar-refractivity contribution in [3.8, 4) is 0 Å². The van der Waals surface area contributed by atoms with Crippen LogP contribution in [0, 0.1) is 6.92 Å². The summed E-state index contributed by atoms with van der Waals surface area (Å²) in [6.07, 6.45) is 1.17. The van der Waals surface area contributed by atoms with Crippen LogP contribution in [-0.4, -0.2) is 82.9 Å². The maximum absolute atomic E-state index is 6.02. The van der Waals surface area contributed by atoms with Gasteiger partial charge in [0.2, 0.25) is 0 Å². The highest BCUT2D eigenvalue weighted by molar-refractivity contribution is 5.80. The van der Waals surface area contributed by atoms with Gasteiger partial charge in [0.05, 0.1) is 19.8 Å². The van der Waals surface area contributed by atoms with E-state index in [1.165, 1.54) is 11.1 Å². The Morgan fingerprint density at radius 1 is 1.38 bits per heavy atom. The van der Waals surface area contributed by atoms with Crippen molar-refractivity contribution in [2.24, 2.45) is 4.99 Å². The third-order valence-electron chi connectivity index (χ3n) is 4.79. The molecule has 1 aromatic carbocycles. The summed E-state index contributed by atoms with van der Waals surface area (Å²) in [6, 6.07) is 8.46. The van der Waals surface area contributed by atoms with Crippen LogP contribution in [0.5, 0.6) is 0 Å². The molecule has 0 bridgehead atoms. The van der Waals surface area contributed by atoms with Crippen LogP contribution in [0.1, 0.15) is 23.7 Å². The van der Waals surface area contributed by atoms with Gasteiger partial charge in [0.15, 0.2) is 5.96 Å². The molecule has 1 aliphatic rings. The predicted molar refractivity (Wildman–Crippen MR) is 107 cm³/mol. The molecular weight excluding hydrogens is 328 g/mol. The summed E-state index contributed by atoms with van der Waals surface area (Å²) < 4.78 is 11.1. The van der Waals surface area contributed by atoms with Crippen LogP contribution in [0.2, 0.25) is 0 Å². The maximum atomic E-state index is 6.02. The molecule has 2 rings (SSSR count). The molecule has 6 nitrogen and oxygen atoms in total. The van der Waals surface area contributed by atoms with Gasteiger partial charge in [0.25, 0.3) is 0 Å². The number of morpholine rings is 1. The van der Waals surface area contributed by atoms with Crippen LogP contribution >= 0.6 is 0 Å². The molecule has 0 spiro atoms. The molecule has 1 atom stereocenters. The van der Waals surface area contributed by atoms with Crippen molar-refractivity contribution in [3.63, 3.8) is 0 Å². The van der Waals surface area contributed by atoms with Gasteiger partial charge < -0.3 is 24.6 Å². The summed E-state index contributed by atoms with van der Waals surface area (Å²) >= 11 is 0. The summed E-state index contributed by atoms with van der Waals surface area (Å²) in [6.45, 7) is 8.27. The van der Waals surface area contributed by atoms with Crippen LogP contribution in [-0.2, 0) is 9.47 Å². The second kappa shape index (κ2) is 11.2. The molecule has 0 saturated carbocycles. The molecule has 1 heterocycles. The second-order valence-electron chi connectivity index (χ2n) is 6.79. The molecule has 1 fully saturated rings. The lowest BCUT2D eigenvalue weighted by atomic mass is 10.0. The van der Waals surface area contributed by atoms with Crippen molar-refractivity contribution < 1.29 is 9.47 Å². The van der Waals surface area contributed by atoms with E-state index in [-0.39, 0.29) is 6.10 Å². The number of aryl methyl sites for hydroxylation is 1. The van der Waals surface area contributed by atoms with E-state index in [1.807, 2.05) is 7.05 Å². The number of ether oxygens (including phenoxy) is 2. The van der Waals surface area contributed by atoms with E-state index in [0.29, 0.717) is 0 Å². The number of nitrogens with one attached hydrogen (secondary N) is 1. The van der Waals surface area contributed by atoms with Crippen LogP contribution in [0.15, 0.2) is 29.3 Å². The number of hydrogen-bond donors (Lipinski definition) is 1. The average molecular weight is 363 g/mol. The van der Waals surface area contributed by atoms with Crippen LogP contribution < -0.4 is 5.32 Å². The lowest BCUT2D eigenvalue weighted by Gasteiger charge is -2.35. The highest BCUT2D eigenvalue weighted by atomic mass is 16.5. The van der Waals surface area contributed by atoms with Gasteiger partial charge in [0, 0.05) is 33.8 Å². The third-order valence-corrected chi connectivity index (χ3v) is 4.79. The van der Waals surface area contributed by atoms with Crippen LogP contribution in [0.25, 0.3) is 0 Å². The summed E-state index contributed by atoms with van der Waals surface area (Å²) in [5.41, 5.74) is 2.55. The van der Waals surface area contributed by atoms with E-state index in [0.717, 1.165) is 58.3 Å². The largest absolute Gasteiger partial charge is 0.383 e. The molecule has 1 aromatic rings. The number of methoxy groups -OCH3 is 1. The predicted octanol–water partition coefficient (Wildman–Crippen LogP) is 1.91. The molecule has 26 heavy (non-hydrogen) atoms. The topological polar surface area (TPSA) is 49.3 Å². The van der Waals surface area contributed by atoms with Crippen molar-refractivity contribution in [2.75, 3.05) is 67.1 Å². The smallest absolute Gasteiger partial charge is 0.193 e. The van der Waals surface area contributed by atoms with Crippen LogP contribution in [0.4, 0.5) is 0 Å². The Bertz CT molecular complexity index is 564. The van der Waals surface area contributed by atoms with E-state index >= 15 is 0 Å². The van der Waals surface area contributed by atoms with E-state index in [2.05, 4.69) is 58.3 Å².